The molecule has 3 nitrogen and oxygen atoms in total. The van der Waals surface area contributed by atoms with Crippen LogP contribution < -0.4 is 10.7 Å². The second-order valence-electron chi connectivity index (χ2n) is 2.76. The highest BCUT2D eigenvalue weighted by molar-refractivity contribution is 7.18. The Labute approximate surface area is 80.3 Å². The fraction of sp³-hybridized carbons (Fsp3) is 0.111. The maximum Gasteiger partial charge on any atom is 0.177 e. The molecule has 0 bridgehead atoms. The number of hydrogen-bond acceptors (Lipinski definition) is 3. The molecule has 2 heterocycles. The van der Waals surface area contributed by atoms with Gasteiger partial charge in [0.15, 0.2) is 12.4 Å². The van der Waals surface area contributed by atoms with E-state index in [2.05, 4.69) is 9.97 Å². The van der Waals surface area contributed by atoms with Crippen molar-refractivity contribution in [3.8, 4) is 10.6 Å². The lowest BCUT2D eigenvalue weighted by Gasteiger charge is -1.87. The molecule has 0 saturated carbocycles. The fourth-order valence-electron chi connectivity index (χ4n) is 1.06. The molecule has 0 amide bonds. The molecule has 4 heteroatoms. The van der Waals surface area contributed by atoms with E-state index in [1.54, 1.807) is 0 Å². The van der Waals surface area contributed by atoms with Gasteiger partial charge in [0.1, 0.15) is 10.0 Å². The molecule has 0 aliphatic carbocycles. The predicted molar refractivity (Wildman–Crippen MR) is 53.3 cm³/mol. The van der Waals surface area contributed by atoms with Crippen LogP contribution in [0.25, 0.3) is 10.6 Å². The molecule has 0 fully saturated rings. The van der Waals surface area contributed by atoms with Crippen molar-refractivity contribution in [1.82, 2.24) is 4.98 Å². The van der Waals surface area contributed by atoms with Crippen molar-refractivity contribution in [2.45, 2.75) is 6.92 Å². The van der Waals surface area contributed by atoms with Crippen LogP contribution in [0.4, 0.5) is 5.00 Å². The summed E-state index contributed by atoms with van der Waals surface area (Å²) in [5.41, 5.74) is 7.71. The van der Waals surface area contributed by atoms with Gasteiger partial charge >= 0.3 is 0 Å². The average molecular weight is 192 g/mol. The SMILES string of the molecule is Cc1nc(-c2ccc[nH+]c2)sc1N. The molecule has 0 aromatic carbocycles. The van der Waals surface area contributed by atoms with Gasteiger partial charge in [-0.2, -0.15) is 0 Å². The van der Waals surface area contributed by atoms with Gasteiger partial charge in [0.25, 0.3) is 0 Å². The summed E-state index contributed by atoms with van der Waals surface area (Å²) in [6.45, 7) is 1.92. The van der Waals surface area contributed by atoms with Crippen molar-refractivity contribution in [3.63, 3.8) is 0 Å². The standard InChI is InChI=1S/C9H9N3S/c1-6-8(10)13-9(12-6)7-3-2-4-11-5-7/h2-5H,10H2,1H3/p+1. The second-order valence-corrected chi connectivity index (χ2v) is 3.79. The summed E-state index contributed by atoms with van der Waals surface area (Å²) < 4.78 is 0. The zero-order chi connectivity index (χ0) is 9.26. The number of thiazole rings is 1. The minimum atomic E-state index is 0.791. The Balaban J connectivity index is 2.48. The number of nitrogens with one attached hydrogen (secondary N) is 1. The Hall–Kier alpha value is -1.42. The highest BCUT2D eigenvalue weighted by Crippen LogP contribution is 2.28. The lowest BCUT2D eigenvalue weighted by molar-refractivity contribution is -0.377. The molecule has 3 N–H and O–H groups in total. The first kappa shape index (κ1) is 8.19. The number of aromatic amines is 1. The topological polar surface area (TPSA) is 53.0 Å². The monoisotopic (exact) mass is 192 g/mol. The van der Waals surface area contributed by atoms with Gasteiger partial charge in [0.2, 0.25) is 0 Å². The van der Waals surface area contributed by atoms with Gasteiger partial charge in [-0.05, 0) is 13.0 Å². The summed E-state index contributed by atoms with van der Waals surface area (Å²) in [4.78, 5) is 7.37. The Morgan fingerprint density at radius 2 is 2.38 bits per heavy atom. The highest BCUT2D eigenvalue weighted by Gasteiger charge is 2.07. The molecule has 0 atom stereocenters. The Bertz CT molecular complexity index is 389. The molecule has 0 aliphatic heterocycles. The number of rotatable bonds is 1. The third kappa shape index (κ3) is 1.53. The predicted octanol–water partition coefficient (Wildman–Crippen LogP) is 1.51. The molecule has 0 radical (unpaired) electrons. The maximum atomic E-state index is 5.72. The van der Waals surface area contributed by atoms with E-state index in [9.17, 15) is 0 Å². The average Bonchev–Trinajstić information content (AvgIpc) is 2.49. The molecular formula is C9H10N3S+. The number of anilines is 1. The molecule has 0 aliphatic rings. The van der Waals surface area contributed by atoms with E-state index in [1.165, 1.54) is 11.3 Å². The third-order valence-electron chi connectivity index (χ3n) is 1.79. The highest BCUT2D eigenvalue weighted by atomic mass is 32.1. The normalized spacial score (nSPS) is 10.2. The van der Waals surface area contributed by atoms with E-state index in [1.807, 2.05) is 31.5 Å². The number of H-pyrrole nitrogens is 1. The van der Waals surface area contributed by atoms with E-state index >= 15 is 0 Å². The van der Waals surface area contributed by atoms with E-state index < -0.39 is 0 Å². The van der Waals surface area contributed by atoms with Crippen LogP contribution in [0.2, 0.25) is 0 Å². The molecule has 0 unspecified atom stereocenters. The summed E-state index contributed by atoms with van der Waals surface area (Å²) in [5, 5.41) is 1.76. The number of hydrogen-bond donors (Lipinski definition) is 1. The Morgan fingerprint density at radius 3 is 2.92 bits per heavy atom. The summed E-state index contributed by atoms with van der Waals surface area (Å²) in [6.07, 6.45) is 3.78. The van der Waals surface area contributed by atoms with Crippen molar-refractivity contribution in [3.05, 3.63) is 30.2 Å². The molecule has 2 aromatic heterocycles. The smallest absolute Gasteiger partial charge is 0.177 e. The first-order valence-corrected chi connectivity index (χ1v) is 4.78. The zero-order valence-corrected chi connectivity index (χ0v) is 8.06. The summed E-state index contributed by atoms with van der Waals surface area (Å²) in [7, 11) is 0. The largest absolute Gasteiger partial charge is 0.389 e. The van der Waals surface area contributed by atoms with Gasteiger partial charge in [0.05, 0.1) is 11.3 Å². The number of nitrogen functional groups attached to an aromatic ring is 1. The van der Waals surface area contributed by atoms with Crippen LogP contribution in [0.3, 0.4) is 0 Å². The Kier molecular flexibility index (Phi) is 1.98. The van der Waals surface area contributed by atoms with Gasteiger partial charge in [-0.15, -0.1) is 0 Å². The van der Waals surface area contributed by atoms with Crippen LogP contribution in [0, 0.1) is 6.92 Å². The molecule has 66 valence electrons. The molecular weight excluding hydrogens is 182 g/mol. The van der Waals surface area contributed by atoms with Crippen LogP contribution in [0.1, 0.15) is 5.69 Å². The van der Waals surface area contributed by atoms with Crippen molar-refractivity contribution in [2.24, 2.45) is 0 Å². The van der Waals surface area contributed by atoms with Crippen LogP contribution in [-0.4, -0.2) is 4.98 Å². The lowest BCUT2D eigenvalue weighted by atomic mass is 10.3. The van der Waals surface area contributed by atoms with Crippen LogP contribution in [-0.2, 0) is 0 Å². The van der Waals surface area contributed by atoms with Crippen molar-refractivity contribution in [2.75, 3.05) is 5.73 Å². The zero-order valence-electron chi connectivity index (χ0n) is 7.24. The van der Waals surface area contributed by atoms with E-state index in [4.69, 9.17) is 5.73 Å². The third-order valence-corrected chi connectivity index (χ3v) is 2.82. The number of nitrogens with two attached hydrogens (primary N) is 1. The number of aromatic nitrogens is 2. The summed E-state index contributed by atoms with van der Waals surface area (Å²) >= 11 is 1.51. The van der Waals surface area contributed by atoms with Gasteiger partial charge in [-0.1, -0.05) is 11.3 Å². The lowest BCUT2D eigenvalue weighted by Crippen LogP contribution is -1.97. The quantitative estimate of drug-likeness (QED) is 0.744. The molecule has 2 aromatic rings. The number of pyridine rings is 1. The van der Waals surface area contributed by atoms with Crippen molar-refractivity contribution in [1.29, 1.82) is 0 Å². The minimum absolute atomic E-state index is 0.791. The summed E-state index contributed by atoms with van der Waals surface area (Å²) in [5.74, 6) is 0. The fourth-order valence-corrected chi connectivity index (χ4v) is 1.89. The van der Waals surface area contributed by atoms with Crippen LogP contribution in [0.5, 0.6) is 0 Å². The minimum Gasteiger partial charge on any atom is -0.389 e. The first-order chi connectivity index (χ1) is 6.27. The number of aryl methyl sites for hydroxylation is 1. The van der Waals surface area contributed by atoms with Gasteiger partial charge in [-0.25, -0.2) is 9.97 Å². The van der Waals surface area contributed by atoms with E-state index in [-0.39, 0.29) is 0 Å². The van der Waals surface area contributed by atoms with Crippen molar-refractivity contribution >= 4 is 16.3 Å². The maximum absolute atomic E-state index is 5.72. The molecule has 2 rings (SSSR count). The molecule has 0 spiro atoms. The first-order valence-electron chi connectivity index (χ1n) is 3.97. The van der Waals surface area contributed by atoms with Crippen molar-refractivity contribution < 1.29 is 4.98 Å². The Morgan fingerprint density at radius 1 is 1.54 bits per heavy atom. The summed E-state index contributed by atoms with van der Waals surface area (Å²) in [6, 6.07) is 3.95. The van der Waals surface area contributed by atoms with Crippen LogP contribution in [0.15, 0.2) is 24.5 Å². The van der Waals surface area contributed by atoms with E-state index in [0.717, 1.165) is 21.3 Å². The molecule has 0 saturated heterocycles. The van der Waals surface area contributed by atoms with E-state index in [0.29, 0.717) is 0 Å². The second kappa shape index (κ2) is 3.14. The van der Waals surface area contributed by atoms with Crippen LogP contribution >= 0.6 is 11.3 Å². The van der Waals surface area contributed by atoms with Gasteiger partial charge < -0.3 is 5.73 Å². The van der Waals surface area contributed by atoms with Gasteiger partial charge in [0, 0.05) is 6.07 Å². The van der Waals surface area contributed by atoms with Gasteiger partial charge in [-0.3, -0.25) is 0 Å². The number of nitrogens with zero attached hydrogens (tertiary/aromatic N) is 1. The molecule has 13 heavy (non-hydrogen) atoms.